The fraction of sp³-hybridized carbons (Fsp3) is 0.423. The van der Waals surface area contributed by atoms with Crippen molar-refractivity contribution in [2.45, 2.75) is 64.0 Å². The van der Waals surface area contributed by atoms with Crippen molar-refractivity contribution in [3.8, 4) is 11.1 Å². The maximum absolute atomic E-state index is 12.5. The van der Waals surface area contributed by atoms with Gasteiger partial charge in [0.1, 0.15) is 6.61 Å². The summed E-state index contributed by atoms with van der Waals surface area (Å²) in [5, 5.41) is 14.6. The third-order valence-corrected chi connectivity index (χ3v) is 6.01. The molecule has 0 aliphatic heterocycles. The summed E-state index contributed by atoms with van der Waals surface area (Å²) in [5.74, 6) is -1.25. The fourth-order valence-corrected chi connectivity index (χ4v) is 4.40. The maximum atomic E-state index is 12.5. The maximum Gasteiger partial charge on any atom is 0.407 e. The first kappa shape index (κ1) is 24.3. The Kier molecular flexibility index (Phi) is 8.46. The van der Waals surface area contributed by atoms with Crippen LogP contribution in [0.4, 0.5) is 4.79 Å². The van der Waals surface area contributed by atoms with Gasteiger partial charge >= 0.3 is 12.1 Å². The van der Waals surface area contributed by atoms with Crippen LogP contribution in [0.5, 0.6) is 0 Å². The fourth-order valence-electron chi connectivity index (χ4n) is 4.40. The Morgan fingerprint density at radius 3 is 2.06 bits per heavy atom. The van der Waals surface area contributed by atoms with Gasteiger partial charge in [0.2, 0.25) is 5.91 Å². The Morgan fingerprint density at radius 2 is 1.52 bits per heavy atom. The van der Waals surface area contributed by atoms with E-state index in [1.807, 2.05) is 38.1 Å². The highest BCUT2D eigenvalue weighted by atomic mass is 16.5. The molecular weight excluding hydrogens is 420 g/mol. The van der Waals surface area contributed by atoms with Crippen molar-refractivity contribution >= 4 is 18.0 Å². The van der Waals surface area contributed by atoms with Gasteiger partial charge in [-0.2, -0.15) is 0 Å². The summed E-state index contributed by atoms with van der Waals surface area (Å²) in [6, 6.07) is 15.5. The largest absolute Gasteiger partial charge is 0.481 e. The first-order valence-electron chi connectivity index (χ1n) is 11.6. The molecule has 176 valence electrons. The lowest BCUT2D eigenvalue weighted by molar-refractivity contribution is -0.137. The molecule has 0 bridgehead atoms. The standard InChI is InChI=1S/C26H32N2O5/c1-3-9-18(15-25(30)31)27-24(29)14-17(4-2)28-26(32)33-16-23-21-12-7-5-10-19(21)20-11-6-8-13-22(20)23/h5-8,10-13,17-18,23H,3-4,9,14-16H2,1-2H3,(H,27,29)(H,28,32)(H,30,31). The quantitative estimate of drug-likeness (QED) is 0.467. The Morgan fingerprint density at radius 1 is 0.909 bits per heavy atom. The number of ether oxygens (including phenoxy) is 1. The Balaban J connectivity index is 1.54. The SMILES string of the molecule is CCCC(CC(=O)O)NC(=O)CC(CC)NC(=O)OCC1c2ccccc2-c2ccccc21. The normalized spacial score (nSPS) is 14.0. The number of nitrogens with one attached hydrogen (secondary N) is 2. The third kappa shape index (κ3) is 6.34. The average molecular weight is 453 g/mol. The number of alkyl carbamates (subject to hydrolysis) is 1. The van der Waals surface area contributed by atoms with Gasteiger partial charge in [-0.25, -0.2) is 4.79 Å². The first-order chi connectivity index (χ1) is 15.9. The van der Waals surface area contributed by atoms with Crippen molar-refractivity contribution in [2.75, 3.05) is 6.61 Å². The highest BCUT2D eigenvalue weighted by Crippen LogP contribution is 2.44. The van der Waals surface area contributed by atoms with E-state index in [0.717, 1.165) is 28.7 Å². The van der Waals surface area contributed by atoms with Gasteiger partial charge in [-0.1, -0.05) is 68.8 Å². The van der Waals surface area contributed by atoms with Gasteiger partial charge in [0.15, 0.2) is 0 Å². The summed E-state index contributed by atoms with van der Waals surface area (Å²) < 4.78 is 5.57. The van der Waals surface area contributed by atoms with Gasteiger partial charge in [-0.05, 0) is 35.1 Å². The van der Waals surface area contributed by atoms with E-state index in [9.17, 15) is 14.4 Å². The zero-order valence-electron chi connectivity index (χ0n) is 19.2. The minimum Gasteiger partial charge on any atom is -0.481 e. The van der Waals surface area contributed by atoms with Gasteiger partial charge in [0.05, 0.1) is 6.42 Å². The lowest BCUT2D eigenvalue weighted by Crippen LogP contribution is -2.42. The topological polar surface area (TPSA) is 105 Å². The molecule has 0 spiro atoms. The van der Waals surface area contributed by atoms with Crippen LogP contribution in [0.3, 0.4) is 0 Å². The summed E-state index contributed by atoms with van der Waals surface area (Å²) in [7, 11) is 0. The molecule has 0 saturated heterocycles. The van der Waals surface area contributed by atoms with Crippen LogP contribution in [0.15, 0.2) is 48.5 Å². The number of carboxylic acids is 1. The van der Waals surface area contributed by atoms with Crippen LogP contribution in [0, 0.1) is 0 Å². The van der Waals surface area contributed by atoms with Crippen LogP contribution in [0.25, 0.3) is 11.1 Å². The van der Waals surface area contributed by atoms with E-state index in [2.05, 4.69) is 34.9 Å². The molecule has 7 heteroatoms. The summed E-state index contributed by atoms with van der Waals surface area (Å²) in [6.45, 7) is 4.02. The van der Waals surface area contributed by atoms with Gasteiger partial charge in [-0.3, -0.25) is 9.59 Å². The number of aliphatic carboxylic acids is 1. The highest BCUT2D eigenvalue weighted by molar-refractivity contribution is 5.80. The number of carboxylic acid groups (broad SMARTS) is 1. The second-order valence-electron chi connectivity index (χ2n) is 8.43. The number of amides is 2. The molecule has 1 aliphatic rings. The zero-order valence-corrected chi connectivity index (χ0v) is 19.2. The van der Waals surface area contributed by atoms with E-state index in [4.69, 9.17) is 9.84 Å². The molecule has 33 heavy (non-hydrogen) atoms. The number of carbonyl (C=O) groups excluding carboxylic acids is 2. The van der Waals surface area contributed by atoms with Gasteiger partial charge in [0, 0.05) is 24.4 Å². The lowest BCUT2D eigenvalue weighted by atomic mass is 9.98. The molecular formula is C26H32N2O5. The number of fused-ring (bicyclic) bond motifs is 3. The predicted octanol–water partition coefficient (Wildman–Crippen LogP) is 4.45. The molecule has 0 radical (unpaired) electrons. The number of hydrogen-bond donors (Lipinski definition) is 3. The van der Waals surface area contributed by atoms with Crippen LogP contribution in [0.1, 0.15) is 63.0 Å². The van der Waals surface area contributed by atoms with Crippen molar-refractivity contribution < 1.29 is 24.2 Å². The van der Waals surface area contributed by atoms with E-state index in [1.165, 1.54) is 0 Å². The van der Waals surface area contributed by atoms with E-state index >= 15 is 0 Å². The Hall–Kier alpha value is -3.35. The summed E-state index contributed by atoms with van der Waals surface area (Å²) >= 11 is 0. The van der Waals surface area contributed by atoms with Crippen molar-refractivity contribution in [1.29, 1.82) is 0 Å². The van der Waals surface area contributed by atoms with Crippen molar-refractivity contribution in [3.05, 3.63) is 59.7 Å². The van der Waals surface area contributed by atoms with Crippen LogP contribution in [0.2, 0.25) is 0 Å². The van der Waals surface area contributed by atoms with Crippen LogP contribution in [-0.2, 0) is 14.3 Å². The van der Waals surface area contributed by atoms with E-state index in [0.29, 0.717) is 12.8 Å². The summed E-state index contributed by atoms with van der Waals surface area (Å²) in [5.41, 5.74) is 4.60. The minimum atomic E-state index is -0.947. The predicted molar refractivity (Wildman–Crippen MR) is 126 cm³/mol. The Bertz CT molecular complexity index is 945. The average Bonchev–Trinajstić information content (AvgIpc) is 3.10. The second kappa shape index (κ2) is 11.5. The third-order valence-electron chi connectivity index (χ3n) is 6.01. The molecule has 0 aromatic heterocycles. The molecule has 1 aliphatic carbocycles. The molecule has 2 atom stereocenters. The Labute approximate surface area is 194 Å². The smallest absolute Gasteiger partial charge is 0.407 e. The molecule has 2 unspecified atom stereocenters. The molecule has 7 nitrogen and oxygen atoms in total. The van der Waals surface area contributed by atoms with E-state index in [-0.39, 0.29) is 31.3 Å². The molecule has 3 N–H and O–H groups in total. The molecule has 0 fully saturated rings. The molecule has 2 aromatic carbocycles. The molecule has 0 saturated carbocycles. The minimum absolute atomic E-state index is 0.0302. The zero-order chi connectivity index (χ0) is 23.8. The molecule has 3 rings (SSSR count). The summed E-state index contributed by atoms with van der Waals surface area (Å²) in [4.78, 5) is 35.9. The van der Waals surface area contributed by atoms with Crippen LogP contribution < -0.4 is 10.6 Å². The molecule has 0 heterocycles. The van der Waals surface area contributed by atoms with Crippen molar-refractivity contribution in [1.82, 2.24) is 10.6 Å². The monoisotopic (exact) mass is 452 g/mol. The number of hydrogen-bond acceptors (Lipinski definition) is 4. The van der Waals surface area contributed by atoms with Crippen LogP contribution >= 0.6 is 0 Å². The number of carbonyl (C=O) groups is 3. The number of rotatable bonds is 11. The first-order valence-corrected chi connectivity index (χ1v) is 11.6. The number of benzene rings is 2. The second-order valence-corrected chi connectivity index (χ2v) is 8.43. The molecule has 2 amide bonds. The van der Waals surface area contributed by atoms with Crippen molar-refractivity contribution in [2.24, 2.45) is 0 Å². The van der Waals surface area contributed by atoms with E-state index < -0.39 is 24.1 Å². The van der Waals surface area contributed by atoms with Crippen LogP contribution in [-0.4, -0.2) is 41.8 Å². The van der Waals surface area contributed by atoms with Crippen molar-refractivity contribution in [3.63, 3.8) is 0 Å². The highest BCUT2D eigenvalue weighted by Gasteiger charge is 2.29. The lowest BCUT2D eigenvalue weighted by Gasteiger charge is -2.21. The van der Waals surface area contributed by atoms with E-state index in [1.54, 1.807) is 0 Å². The van der Waals surface area contributed by atoms with Gasteiger partial charge < -0.3 is 20.5 Å². The molecule has 2 aromatic rings. The summed E-state index contributed by atoms with van der Waals surface area (Å²) in [6.07, 6.45) is 1.31. The van der Waals surface area contributed by atoms with Gasteiger partial charge in [0.25, 0.3) is 0 Å². The van der Waals surface area contributed by atoms with Gasteiger partial charge in [-0.15, -0.1) is 0 Å².